The molecule has 0 aliphatic carbocycles. The third kappa shape index (κ3) is 4.41. The zero-order valence-corrected chi connectivity index (χ0v) is 15.0. The van der Waals surface area contributed by atoms with Crippen LogP contribution in [0.5, 0.6) is 0 Å². The average Bonchev–Trinajstić information content (AvgIpc) is 2.68. The molecule has 0 radical (unpaired) electrons. The molecule has 2 aromatic heterocycles. The maximum atomic E-state index is 11.8. The number of aromatic nitrogens is 4. The third-order valence-corrected chi connectivity index (χ3v) is 3.49. The Kier molecular flexibility index (Phi) is 6.37. The minimum atomic E-state index is -0.422. The highest BCUT2D eigenvalue weighted by molar-refractivity contribution is 5.96. The Morgan fingerprint density at radius 1 is 1.19 bits per heavy atom. The Morgan fingerprint density at radius 2 is 1.88 bits per heavy atom. The molecule has 0 unspecified atom stereocenters. The third-order valence-electron chi connectivity index (χ3n) is 3.49. The van der Waals surface area contributed by atoms with Crippen molar-refractivity contribution < 1.29 is 4.79 Å². The van der Waals surface area contributed by atoms with Crippen LogP contribution in [-0.4, -0.2) is 25.7 Å². The van der Waals surface area contributed by atoms with Crippen LogP contribution < -0.4 is 16.6 Å². The van der Waals surface area contributed by atoms with E-state index in [9.17, 15) is 9.59 Å². The summed E-state index contributed by atoms with van der Waals surface area (Å²) >= 11 is 0. The minimum absolute atomic E-state index is 0.00870. The smallest absolute Gasteiger partial charge is 0.280 e. The molecule has 1 aromatic carbocycles. The number of H-pyrrole nitrogens is 1. The first-order chi connectivity index (χ1) is 12.6. The van der Waals surface area contributed by atoms with E-state index in [4.69, 9.17) is 5.73 Å². The lowest BCUT2D eigenvalue weighted by Gasteiger charge is -2.07. The number of hydrogen-bond donors (Lipinski definition) is 3. The zero-order chi connectivity index (χ0) is 19.1. The molecule has 3 rings (SSSR count). The first-order valence-electron chi connectivity index (χ1n) is 8.45. The topological polar surface area (TPSA) is 127 Å². The Labute approximate surface area is 150 Å². The number of carbonyl (C=O) groups excluding carboxylic acids is 1. The van der Waals surface area contributed by atoms with Crippen LogP contribution in [0.4, 0.5) is 11.6 Å². The standard InChI is InChI=1S/C16H16N6O2.C2H6/c1-2-12(23)9-3-5-10(6-4-9)18-7-11-8-19-14-13(20-11)15(24)22-16(17)21-14;1-2/h3-6,8,18H,2,7H2,1H3,(H3,17,19,21,22,24);1-2H3. The molecule has 3 aromatic rings. The highest BCUT2D eigenvalue weighted by Gasteiger charge is 2.07. The van der Waals surface area contributed by atoms with Gasteiger partial charge in [0.05, 0.1) is 18.4 Å². The normalized spacial score (nSPS) is 10.1. The molecule has 136 valence electrons. The van der Waals surface area contributed by atoms with Crippen molar-refractivity contribution in [1.29, 1.82) is 0 Å². The van der Waals surface area contributed by atoms with Gasteiger partial charge in [-0.05, 0) is 24.3 Å². The molecule has 0 amide bonds. The van der Waals surface area contributed by atoms with Gasteiger partial charge in [0.15, 0.2) is 16.9 Å². The number of nitrogens with one attached hydrogen (secondary N) is 2. The first kappa shape index (κ1) is 19.0. The number of rotatable bonds is 5. The Bertz CT molecular complexity index is 950. The maximum absolute atomic E-state index is 11.8. The number of aromatic amines is 1. The van der Waals surface area contributed by atoms with Crippen molar-refractivity contribution in [1.82, 2.24) is 19.9 Å². The van der Waals surface area contributed by atoms with E-state index in [0.717, 1.165) is 5.69 Å². The number of nitrogen functional groups attached to an aromatic ring is 1. The van der Waals surface area contributed by atoms with Crippen LogP contribution in [0.1, 0.15) is 43.2 Å². The Balaban J connectivity index is 0.00000117. The molecule has 0 spiro atoms. The molecule has 4 N–H and O–H groups in total. The van der Waals surface area contributed by atoms with Gasteiger partial charge in [-0.15, -0.1) is 0 Å². The molecule has 8 nitrogen and oxygen atoms in total. The second kappa shape index (κ2) is 8.70. The number of anilines is 2. The molecule has 0 aliphatic heterocycles. The van der Waals surface area contributed by atoms with E-state index in [1.807, 2.05) is 32.9 Å². The lowest BCUT2D eigenvalue weighted by Crippen LogP contribution is -2.15. The van der Waals surface area contributed by atoms with Crippen LogP contribution in [0.2, 0.25) is 0 Å². The van der Waals surface area contributed by atoms with Gasteiger partial charge in [0.1, 0.15) is 0 Å². The molecule has 0 saturated heterocycles. The Hall–Kier alpha value is -3.29. The largest absolute Gasteiger partial charge is 0.379 e. The van der Waals surface area contributed by atoms with E-state index in [0.29, 0.717) is 24.2 Å². The molecule has 0 saturated carbocycles. The minimum Gasteiger partial charge on any atom is -0.379 e. The highest BCUT2D eigenvalue weighted by atomic mass is 16.1. The van der Waals surface area contributed by atoms with Crippen molar-refractivity contribution in [3.8, 4) is 0 Å². The van der Waals surface area contributed by atoms with Crippen LogP contribution in [-0.2, 0) is 6.54 Å². The van der Waals surface area contributed by atoms with Crippen molar-refractivity contribution in [2.75, 3.05) is 11.1 Å². The van der Waals surface area contributed by atoms with E-state index in [-0.39, 0.29) is 22.9 Å². The second-order valence-electron chi connectivity index (χ2n) is 5.19. The van der Waals surface area contributed by atoms with Gasteiger partial charge in [-0.3, -0.25) is 14.6 Å². The molecule has 0 bridgehead atoms. The summed E-state index contributed by atoms with van der Waals surface area (Å²) in [4.78, 5) is 38.1. The number of fused-ring (bicyclic) bond motifs is 1. The molecule has 0 aliphatic rings. The fourth-order valence-electron chi connectivity index (χ4n) is 2.23. The highest BCUT2D eigenvalue weighted by Crippen LogP contribution is 2.12. The van der Waals surface area contributed by atoms with Crippen LogP contribution in [0.25, 0.3) is 11.2 Å². The van der Waals surface area contributed by atoms with Gasteiger partial charge in [0.25, 0.3) is 5.56 Å². The summed E-state index contributed by atoms with van der Waals surface area (Å²) in [6, 6.07) is 7.20. The average molecular weight is 354 g/mol. The lowest BCUT2D eigenvalue weighted by molar-refractivity contribution is 0.0988. The van der Waals surface area contributed by atoms with Gasteiger partial charge in [0.2, 0.25) is 5.95 Å². The molecule has 8 heteroatoms. The van der Waals surface area contributed by atoms with Crippen LogP contribution >= 0.6 is 0 Å². The molecule has 26 heavy (non-hydrogen) atoms. The first-order valence-corrected chi connectivity index (χ1v) is 8.45. The van der Waals surface area contributed by atoms with E-state index >= 15 is 0 Å². The molecule has 2 heterocycles. The summed E-state index contributed by atoms with van der Waals surface area (Å²) in [6.45, 7) is 6.21. The number of ketones is 1. The number of hydrogen-bond acceptors (Lipinski definition) is 7. The Morgan fingerprint density at radius 3 is 2.54 bits per heavy atom. The molecule has 0 atom stereocenters. The second-order valence-corrected chi connectivity index (χ2v) is 5.19. The summed E-state index contributed by atoms with van der Waals surface area (Å²) in [7, 11) is 0. The summed E-state index contributed by atoms with van der Waals surface area (Å²) in [6.07, 6.45) is 2.02. The summed E-state index contributed by atoms with van der Waals surface area (Å²) < 4.78 is 0. The van der Waals surface area contributed by atoms with Crippen molar-refractivity contribution in [2.45, 2.75) is 33.7 Å². The quantitative estimate of drug-likeness (QED) is 0.601. The van der Waals surface area contributed by atoms with E-state index < -0.39 is 5.56 Å². The SMILES string of the molecule is CC.CCC(=O)c1ccc(NCc2cnc3nc(N)[nH]c(=O)c3n2)cc1. The van der Waals surface area contributed by atoms with E-state index in [2.05, 4.69) is 25.3 Å². The van der Waals surface area contributed by atoms with Crippen molar-refractivity contribution in [2.24, 2.45) is 0 Å². The van der Waals surface area contributed by atoms with Crippen molar-refractivity contribution in [3.63, 3.8) is 0 Å². The zero-order valence-electron chi connectivity index (χ0n) is 15.0. The maximum Gasteiger partial charge on any atom is 0.280 e. The van der Waals surface area contributed by atoms with E-state index in [1.165, 1.54) is 6.20 Å². The predicted molar refractivity (Wildman–Crippen MR) is 102 cm³/mol. The van der Waals surface area contributed by atoms with Crippen LogP contribution in [0.15, 0.2) is 35.3 Å². The van der Waals surface area contributed by atoms with Crippen LogP contribution in [0.3, 0.4) is 0 Å². The van der Waals surface area contributed by atoms with Gasteiger partial charge in [-0.2, -0.15) is 4.98 Å². The number of nitrogens with zero attached hydrogens (tertiary/aromatic N) is 3. The summed E-state index contributed by atoms with van der Waals surface area (Å²) in [5.41, 5.74) is 7.52. The number of benzene rings is 1. The van der Waals surface area contributed by atoms with Crippen LogP contribution in [0, 0.1) is 0 Å². The molecular formula is C18H22N6O2. The van der Waals surface area contributed by atoms with Gasteiger partial charge >= 0.3 is 0 Å². The number of carbonyl (C=O) groups is 1. The summed E-state index contributed by atoms with van der Waals surface area (Å²) in [5, 5.41) is 3.17. The molecule has 0 fully saturated rings. The van der Waals surface area contributed by atoms with Crippen molar-refractivity contribution >= 4 is 28.6 Å². The fourth-order valence-corrected chi connectivity index (χ4v) is 2.23. The van der Waals surface area contributed by atoms with Gasteiger partial charge < -0.3 is 11.1 Å². The number of Topliss-reactive ketones (excluding diaryl/α,β-unsaturated/α-hetero) is 1. The van der Waals surface area contributed by atoms with E-state index in [1.54, 1.807) is 12.1 Å². The van der Waals surface area contributed by atoms with Crippen molar-refractivity contribution in [3.05, 3.63) is 52.1 Å². The fraction of sp³-hybridized carbons (Fsp3) is 0.278. The molecular weight excluding hydrogens is 332 g/mol. The number of nitrogens with two attached hydrogens (primary N) is 1. The van der Waals surface area contributed by atoms with Gasteiger partial charge in [0, 0.05) is 17.7 Å². The monoisotopic (exact) mass is 354 g/mol. The van der Waals surface area contributed by atoms with Gasteiger partial charge in [-0.25, -0.2) is 9.97 Å². The summed E-state index contributed by atoms with van der Waals surface area (Å²) in [5.74, 6) is 0.113. The predicted octanol–water partition coefficient (Wildman–Crippen LogP) is 2.53. The lowest BCUT2D eigenvalue weighted by atomic mass is 10.1. The van der Waals surface area contributed by atoms with Gasteiger partial charge in [-0.1, -0.05) is 20.8 Å².